The summed E-state index contributed by atoms with van der Waals surface area (Å²) in [5.74, 6) is -2.20. The summed E-state index contributed by atoms with van der Waals surface area (Å²) in [5.41, 5.74) is 0. The second-order valence-corrected chi connectivity index (χ2v) is 8.10. The highest BCUT2D eigenvalue weighted by Gasteiger charge is 2.34. The molecule has 0 rings (SSSR count). The second-order valence-electron chi connectivity index (χ2n) is 8.10. The van der Waals surface area contributed by atoms with Gasteiger partial charge in [-0.3, -0.25) is 9.59 Å². The Morgan fingerprint density at radius 2 is 1.07 bits per heavy atom. The second kappa shape index (κ2) is 19.4. The minimum absolute atomic E-state index is 0.195. The van der Waals surface area contributed by atoms with Crippen LogP contribution in [0.2, 0.25) is 0 Å². The third-order valence-electron chi connectivity index (χ3n) is 5.18. The Labute approximate surface area is 183 Å². The van der Waals surface area contributed by atoms with Crippen LogP contribution in [0.4, 0.5) is 0 Å². The van der Waals surface area contributed by atoms with E-state index in [1.807, 2.05) is 6.92 Å². The minimum Gasteiger partial charge on any atom is -0.478 e. The Kier molecular flexibility index (Phi) is 18.4. The molecule has 176 valence electrons. The van der Waals surface area contributed by atoms with Crippen molar-refractivity contribution in [3.8, 4) is 0 Å². The number of carbonyl (C=O) groups is 3. The fraction of sp³-hybridized carbons (Fsp3) is 0.875. The van der Waals surface area contributed by atoms with E-state index >= 15 is 0 Å². The molecule has 0 radical (unpaired) electrons. The summed E-state index contributed by atoms with van der Waals surface area (Å²) in [4.78, 5) is 36.2. The topological polar surface area (TPSA) is 89.9 Å². The molecule has 0 aromatic carbocycles. The van der Waals surface area contributed by atoms with Gasteiger partial charge in [-0.1, -0.05) is 85.0 Å². The van der Waals surface area contributed by atoms with Crippen molar-refractivity contribution in [1.29, 1.82) is 0 Å². The van der Waals surface area contributed by atoms with Gasteiger partial charge >= 0.3 is 17.9 Å². The monoisotopic (exact) mass is 428 g/mol. The van der Waals surface area contributed by atoms with Crippen LogP contribution in [0.15, 0.2) is 0 Å². The fourth-order valence-corrected chi connectivity index (χ4v) is 3.33. The van der Waals surface area contributed by atoms with Gasteiger partial charge in [0.05, 0.1) is 0 Å². The smallest absolute Gasteiger partial charge is 0.348 e. The first-order chi connectivity index (χ1) is 14.5. The van der Waals surface area contributed by atoms with Crippen LogP contribution >= 0.6 is 0 Å². The van der Waals surface area contributed by atoms with Crippen molar-refractivity contribution < 1.29 is 29.0 Å². The molecular formula is C24H44O6. The van der Waals surface area contributed by atoms with Gasteiger partial charge in [0.1, 0.15) is 6.10 Å². The molecule has 0 saturated heterocycles. The minimum atomic E-state index is -1.44. The van der Waals surface area contributed by atoms with Crippen LogP contribution in [-0.4, -0.2) is 35.2 Å². The number of carbonyl (C=O) groups excluding carboxylic acids is 2. The Hall–Kier alpha value is -1.59. The molecule has 6 nitrogen and oxygen atoms in total. The number of unbranched alkanes of at least 4 members (excludes halogenated alkanes) is 10. The molecule has 0 aliphatic carbocycles. The lowest BCUT2D eigenvalue weighted by Crippen LogP contribution is -2.41. The quantitative estimate of drug-likeness (QED) is 0.183. The molecule has 6 heteroatoms. The van der Waals surface area contributed by atoms with E-state index in [1.165, 1.54) is 0 Å². The van der Waals surface area contributed by atoms with Crippen molar-refractivity contribution in [3.05, 3.63) is 0 Å². The van der Waals surface area contributed by atoms with Gasteiger partial charge in [0.15, 0.2) is 0 Å². The number of ether oxygens (including phenoxy) is 2. The van der Waals surface area contributed by atoms with Crippen molar-refractivity contribution in [2.75, 3.05) is 0 Å². The summed E-state index contributed by atoms with van der Waals surface area (Å²) in [6.45, 7) is 6.30. The highest BCUT2D eigenvalue weighted by Crippen LogP contribution is 2.17. The van der Waals surface area contributed by atoms with E-state index in [-0.39, 0.29) is 12.8 Å². The maximum atomic E-state index is 12.2. The van der Waals surface area contributed by atoms with Gasteiger partial charge in [-0.2, -0.15) is 0 Å². The molecule has 0 aromatic rings. The lowest BCUT2D eigenvalue weighted by molar-refractivity contribution is -0.180. The summed E-state index contributed by atoms with van der Waals surface area (Å²) in [7, 11) is 0. The van der Waals surface area contributed by atoms with E-state index in [0.29, 0.717) is 12.8 Å². The molecular weight excluding hydrogens is 384 g/mol. The van der Waals surface area contributed by atoms with Gasteiger partial charge in [-0.25, -0.2) is 4.79 Å². The lowest BCUT2D eigenvalue weighted by atomic mass is 10.1. The van der Waals surface area contributed by atoms with Gasteiger partial charge in [-0.15, -0.1) is 0 Å². The Bertz CT molecular complexity index is 463. The predicted molar refractivity (Wildman–Crippen MR) is 118 cm³/mol. The normalized spacial score (nSPS) is 12.9. The highest BCUT2D eigenvalue weighted by molar-refractivity contribution is 5.79. The van der Waals surface area contributed by atoms with Gasteiger partial charge in [0, 0.05) is 12.8 Å². The molecule has 0 bridgehead atoms. The molecule has 0 aliphatic rings. The number of carboxylic acids is 1. The number of esters is 2. The van der Waals surface area contributed by atoms with Crippen LogP contribution in [0.3, 0.4) is 0 Å². The molecule has 30 heavy (non-hydrogen) atoms. The van der Waals surface area contributed by atoms with E-state index in [4.69, 9.17) is 9.47 Å². The maximum Gasteiger partial charge on any atom is 0.348 e. The van der Waals surface area contributed by atoms with Crippen LogP contribution in [0.25, 0.3) is 0 Å². The summed E-state index contributed by atoms with van der Waals surface area (Å²) in [5, 5.41) is 9.61. The number of rotatable bonds is 20. The zero-order chi connectivity index (χ0) is 22.6. The van der Waals surface area contributed by atoms with E-state index in [0.717, 1.165) is 77.0 Å². The van der Waals surface area contributed by atoms with Crippen LogP contribution in [0.1, 0.15) is 124 Å². The molecule has 0 spiro atoms. The molecule has 0 amide bonds. The number of carboxylic acid groups (broad SMARTS) is 1. The molecule has 2 atom stereocenters. The SMILES string of the molecule is CCCCCCCC(=O)OC(CCCCC)C(OC(=O)CCCCCCC)C(=O)O. The van der Waals surface area contributed by atoms with Crippen molar-refractivity contribution in [2.24, 2.45) is 0 Å². The molecule has 0 aromatic heterocycles. The summed E-state index contributed by atoms with van der Waals surface area (Å²) in [6.07, 6.45) is 11.0. The summed E-state index contributed by atoms with van der Waals surface area (Å²) in [6, 6.07) is 0. The largest absolute Gasteiger partial charge is 0.478 e. The zero-order valence-electron chi connectivity index (χ0n) is 19.5. The molecule has 0 aliphatic heterocycles. The molecule has 1 N–H and O–H groups in total. The summed E-state index contributed by atoms with van der Waals surface area (Å²) >= 11 is 0. The Morgan fingerprint density at radius 1 is 0.633 bits per heavy atom. The fourth-order valence-electron chi connectivity index (χ4n) is 3.33. The van der Waals surface area contributed by atoms with E-state index in [1.54, 1.807) is 0 Å². The average molecular weight is 429 g/mol. The van der Waals surface area contributed by atoms with Crippen molar-refractivity contribution >= 4 is 17.9 Å². The van der Waals surface area contributed by atoms with E-state index in [2.05, 4.69) is 13.8 Å². The standard InChI is InChI=1S/C24H44O6/c1-4-7-10-12-15-18-21(25)29-20(17-14-9-6-3)23(24(27)28)30-22(26)19-16-13-11-8-5-2/h20,23H,4-19H2,1-3H3,(H,27,28). The zero-order valence-corrected chi connectivity index (χ0v) is 19.5. The van der Waals surface area contributed by atoms with Gasteiger partial charge in [-0.05, 0) is 25.7 Å². The molecule has 0 fully saturated rings. The van der Waals surface area contributed by atoms with Crippen molar-refractivity contribution in [1.82, 2.24) is 0 Å². The van der Waals surface area contributed by atoms with Crippen LogP contribution in [0.5, 0.6) is 0 Å². The molecule has 0 heterocycles. The first-order valence-electron chi connectivity index (χ1n) is 12.1. The van der Waals surface area contributed by atoms with Gasteiger partial charge in [0.2, 0.25) is 6.10 Å². The maximum absolute atomic E-state index is 12.2. The van der Waals surface area contributed by atoms with E-state index in [9.17, 15) is 19.5 Å². The van der Waals surface area contributed by atoms with Crippen molar-refractivity contribution in [2.45, 2.75) is 136 Å². The average Bonchev–Trinajstić information content (AvgIpc) is 2.71. The first kappa shape index (κ1) is 28.4. The third kappa shape index (κ3) is 15.3. The Morgan fingerprint density at radius 3 is 1.53 bits per heavy atom. The lowest BCUT2D eigenvalue weighted by Gasteiger charge is -2.24. The van der Waals surface area contributed by atoms with E-state index < -0.39 is 30.1 Å². The number of aliphatic carboxylic acids is 1. The first-order valence-corrected chi connectivity index (χ1v) is 12.1. The number of hydrogen-bond acceptors (Lipinski definition) is 5. The van der Waals surface area contributed by atoms with Gasteiger partial charge < -0.3 is 14.6 Å². The van der Waals surface area contributed by atoms with Crippen LogP contribution in [-0.2, 0) is 23.9 Å². The summed E-state index contributed by atoms with van der Waals surface area (Å²) < 4.78 is 10.7. The van der Waals surface area contributed by atoms with Crippen LogP contribution in [0, 0.1) is 0 Å². The molecule has 2 unspecified atom stereocenters. The highest BCUT2D eigenvalue weighted by atomic mass is 16.6. The number of hydrogen-bond donors (Lipinski definition) is 1. The van der Waals surface area contributed by atoms with Crippen molar-refractivity contribution in [3.63, 3.8) is 0 Å². The molecule has 0 saturated carbocycles. The predicted octanol–water partition coefficient (Wildman–Crippen LogP) is 6.20. The van der Waals surface area contributed by atoms with Crippen LogP contribution < -0.4 is 0 Å². The Balaban J connectivity index is 4.71. The third-order valence-corrected chi connectivity index (χ3v) is 5.18. The van der Waals surface area contributed by atoms with Gasteiger partial charge in [0.25, 0.3) is 0 Å².